The summed E-state index contributed by atoms with van der Waals surface area (Å²) in [5.74, 6) is -0.132. The van der Waals surface area contributed by atoms with Crippen LogP contribution < -0.4 is 5.32 Å². The minimum atomic E-state index is -0.913. The number of carbonyl (C=O) groups is 2. The monoisotopic (exact) mass is 368 g/mol. The number of ether oxygens (including phenoxy) is 1. The number of thioether (sulfide) groups is 1. The summed E-state index contributed by atoms with van der Waals surface area (Å²) < 4.78 is 9.98. The number of rotatable bonds is 7. The van der Waals surface area contributed by atoms with Gasteiger partial charge in [-0.05, 0) is 38.1 Å². The number of nitrogens with one attached hydrogen (secondary N) is 1. The first-order chi connectivity index (χ1) is 11.4. The van der Waals surface area contributed by atoms with Crippen LogP contribution in [0.25, 0.3) is 0 Å². The zero-order chi connectivity index (χ0) is 17.5. The summed E-state index contributed by atoms with van der Waals surface area (Å²) in [7, 11) is 0. The number of aryl methyl sites for hydroxylation is 1. The van der Waals surface area contributed by atoms with E-state index in [9.17, 15) is 9.59 Å². The van der Waals surface area contributed by atoms with Crippen molar-refractivity contribution in [3.63, 3.8) is 0 Å². The standard InChI is InChI=1S/C16H17ClN2O4S/c1-10-9-14(23-19-10)18-16(21)11(2)22-15(20)7-8-24-13-5-3-12(17)4-6-13/h3-6,9,11H,7-8H2,1-2H3,(H,18,21)/t11-/m1/s1. The predicted molar refractivity (Wildman–Crippen MR) is 92.2 cm³/mol. The van der Waals surface area contributed by atoms with Gasteiger partial charge in [0.1, 0.15) is 0 Å². The van der Waals surface area contributed by atoms with Crippen LogP contribution in [0.1, 0.15) is 19.0 Å². The lowest BCUT2D eigenvalue weighted by atomic mass is 10.3. The number of benzene rings is 1. The van der Waals surface area contributed by atoms with Gasteiger partial charge in [-0.3, -0.25) is 14.9 Å². The van der Waals surface area contributed by atoms with Crippen LogP contribution in [-0.4, -0.2) is 28.9 Å². The van der Waals surface area contributed by atoms with Gasteiger partial charge < -0.3 is 9.26 Å². The van der Waals surface area contributed by atoms with Crippen molar-refractivity contribution in [3.8, 4) is 0 Å². The second kappa shape index (κ2) is 8.75. The van der Waals surface area contributed by atoms with E-state index in [1.165, 1.54) is 18.7 Å². The minimum absolute atomic E-state index is 0.201. The zero-order valence-corrected chi connectivity index (χ0v) is 14.8. The van der Waals surface area contributed by atoms with E-state index in [1.54, 1.807) is 25.1 Å². The molecule has 1 amide bonds. The van der Waals surface area contributed by atoms with Gasteiger partial charge in [0.05, 0.1) is 12.1 Å². The molecule has 1 atom stereocenters. The Kier molecular flexibility index (Phi) is 6.69. The molecule has 0 spiro atoms. The second-order valence-corrected chi connectivity index (χ2v) is 6.61. The Labute approximate surface area is 148 Å². The van der Waals surface area contributed by atoms with E-state index in [-0.39, 0.29) is 12.3 Å². The molecule has 6 nitrogen and oxygen atoms in total. The molecule has 2 aromatic rings. The molecular weight excluding hydrogens is 352 g/mol. The second-order valence-electron chi connectivity index (χ2n) is 5.01. The molecule has 1 N–H and O–H groups in total. The van der Waals surface area contributed by atoms with Gasteiger partial charge in [0.2, 0.25) is 5.88 Å². The normalized spacial score (nSPS) is 11.8. The van der Waals surface area contributed by atoms with Gasteiger partial charge in [-0.15, -0.1) is 11.8 Å². The minimum Gasteiger partial charge on any atom is -0.453 e. The molecule has 0 saturated heterocycles. The predicted octanol–water partition coefficient (Wildman–Crippen LogP) is 3.69. The Hall–Kier alpha value is -1.99. The third-order valence-corrected chi connectivity index (χ3v) is 4.21. The highest BCUT2D eigenvalue weighted by atomic mass is 35.5. The highest BCUT2D eigenvalue weighted by Gasteiger charge is 2.19. The Bertz CT molecular complexity index is 702. The quantitative estimate of drug-likeness (QED) is 0.593. The van der Waals surface area contributed by atoms with Crippen molar-refractivity contribution in [2.75, 3.05) is 11.1 Å². The van der Waals surface area contributed by atoms with Crippen molar-refractivity contribution < 1.29 is 18.8 Å². The van der Waals surface area contributed by atoms with E-state index in [4.69, 9.17) is 20.9 Å². The van der Waals surface area contributed by atoms with Crippen LogP contribution in [0.3, 0.4) is 0 Å². The van der Waals surface area contributed by atoms with Crippen molar-refractivity contribution >= 4 is 41.1 Å². The van der Waals surface area contributed by atoms with Crippen LogP contribution in [0.15, 0.2) is 39.8 Å². The number of hydrogen-bond donors (Lipinski definition) is 1. The van der Waals surface area contributed by atoms with Gasteiger partial charge in [0.15, 0.2) is 6.10 Å². The van der Waals surface area contributed by atoms with Gasteiger partial charge in [-0.1, -0.05) is 16.8 Å². The lowest BCUT2D eigenvalue weighted by molar-refractivity contribution is -0.152. The van der Waals surface area contributed by atoms with Crippen LogP contribution >= 0.6 is 23.4 Å². The molecule has 0 unspecified atom stereocenters. The number of esters is 1. The maximum atomic E-state index is 11.9. The van der Waals surface area contributed by atoms with E-state index in [1.807, 2.05) is 12.1 Å². The maximum absolute atomic E-state index is 11.9. The number of nitrogens with zero attached hydrogens (tertiary/aromatic N) is 1. The third-order valence-electron chi connectivity index (χ3n) is 2.94. The summed E-state index contributed by atoms with van der Waals surface area (Å²) in [4.78, 5) is 24.7. The van der Waals surface area contributed by atoms with Crippen molar-refractivity contribution in [1.29, 1.82) is 0 Å². The highest BCUT2D eigenvalue weighted by Crippen LogP contribution is 2.21. The topological polar surface area (TPSA) is 81.4 Å². The Morgan fingerprint density at radius 3 is 2.71 bits per heavy atom. The molecule has 0 aliphatic heterocycles. The summed E-state index contributed by atoms with van der Waals surface area (Å²) in [5, 5.41) is 6.82. The molecule has 0 saturated carbocycles. The highest BCUT2D eigenvalue weighted by molar-refractivity contribution is 7.99. The van der Waals surface area contributed by atoms with Crippen LogP contribution in [0.4, 0.5) is 5.88 Å². The average molecular weight is 369 g/mol. The largest absolute Gasteiger partial charge is 0.453 e. The number of aromatic nitrogens is 1. The molecule has 1 aromatic carbocycles. The lowest BCUT2D eigenvalue weighted by Gasteiger charge is -2.12. The summed E-state index contributed by atoms with van der Waals surface area (Å²) >= 11 is 7.33. The fourth-order valence-corrected chi connectivity index (χ4v) is 2.70. The molecule has 0 aliphatic carbocycles. The number of amides is 1. The molecule has 0 bridgehead atoms. The van der Waals surface area contributed by atoms with E-state index in [2.05, 4.69) is 10.5 Å². The number of carbonyl (C=O) groups excluding carboxylic acids is 2. The van der Waals surface area contributed by atoms with Gasteiger partial charge in [-0.25, -0.2) is 0 Å². The molecule has 2 rings (SSSR count). The van der Waals surface area contributed by atoms with Gasteiger partial charge >= 0.3 is 5.97 Å². The summed E-state index contributed by atoms with van der Waals surface area (Å²) in [6, 6.07) is 8.93. The smallest absolute Gasteiger partial charge is 0.307 e. The van der Waals surface area contributed by atoms with Crippen LogP contribution in [0.2, 0.25) is 5.02 Å². The molecule has 8 heteroatoms. The summed E-state index contributed by atoms with van der Waals surface area (Å²) in [6.07, 6.45) is -0.713. The molecule has 24 heavy (non-hydrogen) atoms. The van der Waals surface area contributed by atoms with Crippen molar-refractivity contribution in [3.05, 3.63) is 41.0 Å². The Morgan fingerprint density at radius 1 is 1.38 bits per heavy atom. The molecule has 0 radical (unpaired) electrons. The molecule has 0 aliphatic rings. The molecule has 0 fully saturated rings. The van der Waals surface area contributed by atoms with E-state index >= 15 is 0 Å². The van der Waals surface area contributed by atoms with E-state index in [0.717, 1.165) is 4.90 Å². The van der Waals surface area contributed by atoms with E-state index in [0.29, 0.717) is 16.5 Å². The van der Waals surface area contributed by atoms with Crippen molar-refractivity contribution in [2.45, 2.75) is 31.3 Å². The van der Waals surface area contributed by atoms with Crippen LogP contribution in [0, 0.1) is 6.92 Å². The lowest BCUT2D eigenvalue weighted by Crippen LogP contribution is -2.29. The summed E-state index contributed by atoms with van der Waals surface area (Å²) in [5.41, 5.74) is 0.647. The van der Waals surface area contributed by atoms with Crippen LogP contribution in [-0.2, 0) is 14.3 Å². The number of hydrogen-bond acceptors (Lipinski definition) is 6. The fourth-order valence-electron chi connectivity index (χ4n) is 1.74. The summed E-state index contributed by atoms with van der Waals surface area (Å²) in [6.45, 7) is 3.24. The first-order valence-electron chi connectivity index (χ1n) is 7.26. The van der Waals surface area contributed by atoms with Crippen LogP contribution in [0.5, 0.6) is 0 Å². The molecular formula is C16H17ClN2O4S. The zero-order valence-electron chi connectivity index (χ0n) is 13.2. The number of anilines is 1. The first-order valence-corrected chi connectivity index (χ1v) is 8.62. The Morgan fingerprint density at radius 2 is 2.08 bits per heavy atom. The molecule has 1 aromatic heterocycles. The van der Waals surface area contributed by atoms with Gasteiger partial charge in [-0.2, -0.15) is 0 Å². The van der Waals surface area contributed by atoms with Crippen molar-refractivity contribution in [2.24, 2.45) is 0 Å². The average Bonchev–Trinajstić information content (AvgIpc) is 2.94. The van der Waals surface area contributed by atoms with Gasteiger partial charge in [0, 0.05) is 21.7 Å². The first kappa shape index (κ1) is 18.4. The maximum Gasteiger partial charge on any atom is 0.307 e. The van der Waals surface area contributed by atoms with Crippen molar-refractivity contribution in [1.82, 2.24) is 5.16 Å². The SMILES string of the molecule is Cc1cc(NC(=O)[C@@H](C)OC(=O)CCSc2ccc(Cl)cc2)on1. The number of halogens is 1. The van der Waals surface area contributed by atoms with E-state index < -0.39 is 18.0 Å². The van der Waals surface area contributed by atoms with Gasteiger partial charge in [0.25, 0.3) is 5.91 Å². The molecule has 1 heterocycles. The fraction of sp³-hybridized carbons (Fsp3) is 0.312. The third kappa shape index (κ3) is 5.90. The molecule has 128 valence electrons. The Balaban J connectivity index is 1.70.